The Morgan fingerprint density at radius 1 is 1.25 bits per heavy atom. The fourth-order valence-electron chi connectivity index (χ4n) is 2.44. The Labute approximate surface area is 145 Å². The number of unbranched alkanes of at least 4 members (excludes halogenated alkanes) is 1. The second-order valence-electron chi connectivity index (χ2n) is 5.94. The van der Waals surface area contributed by atoms with Crippen LogP contribution in [0, 0.1) is 0 Å². The van der Waals surface area contributed by atoms with E-state index in [1.54, 1.807) is 18.9 Å². The molecule has 0 spiro atoms. The third kappa shape index (κ3) is 6.22. The van der Waals surface area contributed by atoms with Gasteiger partial charge < -0.3 is 15.0 Å². The number of benzene rings is 1. The smallest absolute Gasteiger partial charge is 0.242 e. The molecular formula is C19H30N2O3. The van der Waals surface area contributed by atoms with E-state index in [4.69, 9.17) is 4.74 Å². The van der Waals surface area contributed by atoms with Crippen LogP contribution in [0.5, 0.6) is 5.75 Å². The van der Waals surface area contributed by atoms with Gasteiger partial charge in [-0.15, -0.1) is 0 Å². The van der Waals surface area contributed by atoms with Crippen LogP contribution in [0.4, 0.5) is 0 Å². The van der Waals surface area contributed by atoms with Crippen LogP contribution in [0.3, 0.4) is 0 Å². The summed E-state index contributed by atoms with van der Waals surface area (Å²) in [7, 11) is 1.61. The highest BCUT2D eigenvalue weighted by Crippen LogP contribution is 2.17. The van der Waals surface area contributed by atoms with Crippen LogP contribution in [-0.2, 0) is 16.1 Å². The molecule has 0 unspecified atom stereocenters. The zero-order chi connectivity index (χ0) is 17.9. The topological polar surface area (TPSA) is 58.6 Å². The van der Waals surface area contributed by atoms with Crippen molar-refractivity contribution in [1.29, 1.82) is 0 Å². The maximum Gasteiger partial charge on any atom is 0.242 e. The third-order valence-corrected chi connectivity index (χ3v) is 3.95. The first-order valence-corrected chi connectivity index (χ1v) is 8.73. The van der Waals surface area contributed by atoms with Gasteiger partial charge in [-0.2, -0.15) is 0 Å². The SMILES string of the molecule is CCCCNC(=O)[C@H](C)N(Cc1cccc(OC)c1)C(=O)CCC. The first-order chi connectivity index (χ1) is 11.5. The number of methoxy groups -OCH3 is 1. The van der Waals surface area contributed by atoms with Gasteiger partial charge in [0.15, 0.2) is 0 Å². The minimum atomic E-state index is -0.493. The van der Waals surface area contributed by atoms with Crippen molar-refractivity contribution in [2.45, 2.75) is 59.0 Å². The van der Waals surface area contributed by atoms with Crippen molar-refractivity contribution in [2.75, 3.05) is 13.7 Å². The van der Waals surface area contributed by atoms with Crippen LogP contribution >= 0.6 is 0 Å². The van der Waals surface area contributed by atoms with Crippen molar-refractivity contribution in [1.82, 2.24) is 10.2 Å². The van der Waals surface area contributed by atoms with Crippen LogP contribution < -0.4 is 10.1 Å². The van der Waals surface area contributed by atoms with E-state index < -0.39 is 6.04 Å². The number of carbonyl (C=O) groups excluding carboxylic acids is 2. The molecule has 0 radical (unpaired) electrons. The van der Waals surface area contributed by atoms with Crippen LogP contribution in [0.1, 0.15) is 52.0 Å². The van der Waals surface area contributed by atoms with Crippen molar-refractivity contribution >= 4 is 11.8 Å². The van der Waals surface area contributed by atoms with Gasteiger partial charge in [-0.1, -0.05) is 32.4 Å². The molecule has 0 aliphatic rings. The Morgan fingerprint density at radius 2 is 2.00 bits per heavy atom. The molecule has 5 heteroatoms. The Kier molecular flexibility index (Phi) is 8.90. The molecule has 0 fully saturated rings. The largest absolute Gasteiger partial charge is 0.497 e. The predicted molar refractivity (Wildman–Crippen MR) is 95.8 cm³/mol. The number of ether oxygens (including phenoxy) is 1. The number of nitrogens with zero attached hydrogens (tertiary/aromatic N) is 1. The monoisotopic (exact) mass is 334 g/mol. The first-order valence-electron chi connectivity index (χ1n) is 8.73. The molecule has 0 saturated carbocycles. The zero-order valence-electron chi connectivity index (χ0n) is 15.3. The minimum Gasteiger partial charge on any atom is -0.497 e. The molecule has 1 atom stereocenters. The van der Waals surface area contributed by atoms with E-state index >= 15 is 0 Å². The van der Waals surface area contributed by atoms with E-state index in [0.29, 0.717) is 19.5 Å². The van der Waals surface area contributed by atoms with Crippen LogP contribution in [-0.4, -0.2) is 36.4 Å². The molecule has 0 aliphatic carbocycles. The molecule has 0 saturated heterocycles. The molecule has 1 aromatic rings. The number of amides is 2. The number of hydrogen-bond acceptors (Lipinski definition) is 3. The summed E-state index contributed by atoms with van der Waals surface area (Å²) in [6.45, 7) is 6.88. The van der Waals surface area contributed by atoms with Crippen LogP contribution in [0.2, 0.25) is 0 Å². The molecule has 0 aromatic heterocycles. The highest BCUT2D eigenvalue weighted by molar-refractivity contribution is 5.87. The molecule has 24 heavy (non-hydrogen) atoms. The normalized spacial score (nSPS) is 11.7. The molecule has 1 N–H and O–H groups in total. The molecule has 1 rings (SSSR count). The van der Waals surface area contributed by atoms with Gasteiger partial charge >= 0.3 is 0 Å². The third-order valence-electron chi connectivity index (χ3n) is 3.95. The molecule has 5 nitrogen and oxygen atoms in total. The Bertz CT molecular complexity index is 531. The summed E-state index contributed by atoms with van der Waals surface area (Å²) >= 11 is 0. The predicted octanol–water partition coefficient (Wildman–Crippen LogP) is 3.13. The average molecular weight is 334 g/mol. The fourth-order valence-corrected chi connectivity index (χ4v) is 2.44. The van der Waals surface area contributed by atoms with E-state index in [1.165, 1.54) is 0 Å². The summed E-state index contributed by atoms with van der Waals surface area (Å²) in [5, 5.41) is 2.91. The van der Waals surface area contributed by atoms with Crippen molar-refractivity contribution in [2.24, 2.45) is 0 Å². The van der Waals surface area contributed by atoms with Gasteiger partial charge in [-0.05, 0) is 37.5 Å². The van der Waals surface area contributed by atoms with E-state index in [0.717, 1.165) is 30.6 Å². The lowest BCUT2D eigenvalue weighted by molar-refractivity contribution is -0.140. The highest BCUT2D eigenvalue weighted by atomic mass is 16.5. The Hall–Kier alpha value is -2.04. The average Bonchev–Trinajstić information content (AvgIpc) is 2.59. The summed E-state index contributed by atoms with van der Waals surface area (Å²) in [6.07, 6.45) is 3.17. The van der Waals surface area contributed by atoms with E-state index in [1.807, 2.05) is 31.2 Å². The molecular weight excluding hydrogens is 304 g/mol. The van der Waals surface area contributed by atoms with Crippen LogP contribution in [0.25, 0.3) is 0 Å². The second kappa shape index (κ2) is 10.7. The number of carbonyl (C=O) groups is 2. The van der Waals surface area contributed by atoms with Gasteiger partial charge in [0.1, 0.15) is 11.8 Å². The van der Waals surface area contributed by atoms with Crippen molar-refractivity contribution in [3.05, 3.63) is 29.8 Å². The van der Waals surface area contributed by atoms with Crippen molar-refractivity contribution in [3.8, 4) is 5.75 Å². The van der Waals surface area contributed by atoms with Crippen molar-refractivity contribution in [3.63, 3.8) is 0 Å². The first kappa shape index (κ1) is 20.0. The summed E-state index contributed by atoms with van der Waals surface area (Å²) < 4.78 is 5.24. The quantitative estimate of drug-likeness (QED) is 0.669. The molecule has 2 amide bonds. The lowest BCUT2D eigenvalue weighted by atomic mass is 10.1. The summed E-state index contributed by atoms with van der Waals surface area (Å²) in [5.74, 6) is 0.643. The highest BCUT2D eigenvalue weighted by Gasteiger charge is 2.25. The molecule has 0 heterocycles. The maximum atomic E-state index is 12.5. The van der Waals surface area contributed by atoms with Gasteiger partial charge in [-0.25, -0.2) is 0 Å². The van der Waals surface area contributed by atoms with Gasteiger partial charge in [-0.3, -0.25) is 9.59 Å². The summed E-state index contributed by atoms with van der Waals surface area (Å²) in [6, 6.07) is 7.10. The number of hydrogen-bond donors (Lipinski definition) is 1. The van der Waals surface area contributed by atoms with E-state index in [9.17, 15) is 9.59 Å². The summed E-state index contributed by atoms with van der Waals surface area (Å²) in [4.78, 5) is 26.5. The molecule has 0 aliphatic heterocycles. The van der Waals surface area contributed by atoms with Gasteiger partial charge in [0.25, 0.3) is 0 Å². The standard InChI is InChI=1S/C19H30N2O3/c1-5-7-12-20-19(23)15(3)21(18(22)9-6-2)14-16-10-8-11-17(13-16)24-4/h8,10-11,13,15H,5-7,9,12,14H2,1-4H3,(H,20,23)/t15-/m0/s1. The zero-order valence-corrected chi connectivity index (χ0v) is 15.3. The summed E-state index contributed by atoms with van der Waals surface area (Å²) in [5.41, 5.74) is 0.951. The molecule has 134 valence electrons. The van der Waals surface area contributed by atoms with Crippen LogP contribution in [0.15, 0.2) is 24.3 Å². The second-order valence-corrected chi connectivity index (χ2v) is 5.94. The lowest BCUT2D eigenvalue weighted by Crippen LogP contribution is -2.47. The minimum absolute atomic E-state index is 0.00142. The molecule has 0 bridgehead atoms. The molecule has 1 aromatic carbocycles. The fraction of sp³-hybridized carbons (Fsp3) is 0.579. The van der Waals surface area contributed by atoms with Gasteiger partial charge in [0.05, 0.1) is 7.11 Å². The van der Waals surface area contributed by atoms with Gasteiger partial charge in [0, 0.05) is 19.5 Å². The van der Waals surface area contributed by atoms with Crippen molar-refractivity contribution < 1.29 is 14.3 Å². The van der Waals surface area contributed by atoms with Gasteiger partial charge in [0.2, 0.25) is 11.8 Å². The Balaban J connectivity index is 2.86. The number of nitrogens with one attached hydrogen (secondary N) is 1. The van der Waals surface area contributed by atoms with E-state index in [-0.39, 0.29) is 11.8 Å². The number of rotatable bonds is 10. The van der Waals surface area contributed by atoms with E-state index in [2.05, 4.69) is 12.2 Å². The lowest BCUT2D eigenvalue weighted by Gasteiger charge is -2.29. The Morgan fingerprint density at radius 3 is 2.62 bits per heavy atom. The maximum absolute atomic E-state index is 12.5.